The summed E-state index contributed by atoms with van der Waals surface area (Å²) in [7, 11) is 0. The zero-order valence-corrected chi connectivity index (χ0v) is 12.2. The molecule has 0 aromatic heterocycles. The lowest BCUT2D eigenvalue weighted by Crippen LogP contribution is -2.21. The molecule has 0 spiro atoms. The van der Waals surface area contributed by atoms with E-state index >= 15 is 0 Å². The number of ether oxygens (including phenoxy) is 1. The highest BCUT2D eigenvalue weighted by Gasteiger charge is 2.19. The number of rotatable bonds is 7. The highest BCUT2D eigenvalue weighted by Crippen LogP contribution is 2.29. The Labute approximate surface area is 121 Å². The first-order valence-corrected chi connectivity index (χ1v) is 7.63. The van der Waals surface area contributed by atoms with Crippen molar-refractivity contribution in [3.8, 4) is 5.75 Å². The van der Waals surface area contributed by atoms with E-state index in [9.17, 15) is 9.90 Å². The molecule has 1 aromatic carbocycles. The molecule has 20 heavy (non-hydrogen) atoms. The molecule has 110 valence electrons. The van der Waals surface area contributed by atoms with Gasteiger partial charge in [0.05, 0.1) is 11.7 Å². The molecule has 2 rings (SSSR count). The smallest absolute Gasteiger partial charge is 0.166 e. The van der Waals surface area contributed by atoms with Gasteiger partial charge in [0.1, 0.15) is 12.4 Å². The second kappa shape index (κ2) is 7.44. The van der Waals surface area contributed by atoms with Gasteiger partial charge in [-0.15, -0.1) is 0 Å². The molecule has 1 aromatic rings. The van der Waals surface area contributed by atoms with Gasteiger partial charge in [0.15, 0.2) is 5.78 Å². The lowest BCUT2D eigenvalue weighted by atomic mass is 10.0. The second-order valence-corrected chi connectivity index (χ2v) is 5.62. The number of ketones is 1. The topological polar surface area (TPSA) is 46.5 Å². The quantitative estimate of drug-likeness (QED) is 0.774. The van der Waals surface area contributed by atoms with Gasteiger partial charge in [-0.25, -0.2) is 0 Å². The van der Waals surface area contributed by atoms with Gasteiger partial charge >= 0.3 is 0 Å². The minimum Gasteiger partial charge on any atom is -0.490 e. The summed E-state index contributed by atoms with van der Waals surface area (Å²) < 4.78 is 5.66. The van der Waals surface area contributed by atoms with Gasteiger partial charge in [0.25, 0.3) is 0 Å². The second-order valence-electron chi connectivity index (χ2n) is 5.62. The molecule has 1 unspecified atom stereocenters. The van der Waals surface area contributed by atoms with Crippen molar-refractivity contribution < 1.29 is 14.6 Å². The maximum Gasteiger partial charge on any atom is 0.166 e. The zero-order chi connectivity index (χ0) is 14.4. The molecule has 1 aliphatic carbocycles. The molecular weight excluding hydrogens is 252 g/mol. The number of benzene rings is 1. The lowest BCUT2D eigenvalue weighted by molar-refractivity contribution is 0.0834. The SMILES string of the molecule is CCC(=O)c1ccccc1OCC(O)CC1CCCC1. The van der Waals surface area contributed by atoms with Crippen molar-refractivity contribution in [2.24, 2.45) is 5.92 Å². The number of carbonyl (C=O) groups is 1. The average Bonchev–Trinajstić information content (AvgIpc) is 2.97. The summed E-state index contributed by atoms with van der Waals surface area (Å²) in [6.07, 6.45) is 5.85. The summed E-state index contributed by atoms with van der Waals surface area (Å²) in [4.78, 5) is 11.8. The van der Waals surface area contributed by atoms with Crippen LogP contribution in [0.1, 0.15) is 55.8 Å². The minimum atomic E-state index is -0.442. The van der Waals surface area contributed by atoms with Gasteiger partial charge < -0.3 is 9.84 Å². The summed E-state index contributed by atoms with van der Waals surface area (Å²) in [5.74, 6) is 1.30. The summed E-state index contributed by atoms with van der Waals surface area (Å²) >= 11 is 0. The molecule has 1 saturated carbocycles. The summed E-state index contributed by atoms with van der Waals surface area (Å²) in [5, 5.41) is 10.0. The van der Waals surface area contributed by atoms with Crippen LogP contribution in [0.3, 0.4) is 0 Å². The van der Waals surface area contributed by atoms with Gasteiger partial charge in [-0.2, -0.15) is 0 Å². The largest absolute Gasteiger partial charge is 0.490 e. The average molecular weight is 276 g/mol. The van der Waals surface area contributed by atoms with Gasteiger partial charge in [-0.1, -0.05) is 44.7 Å². The molecule has 0 radical (unpaired) electrons. The first-order chi connectivity index (χ1) is 9.70. The normalized spacial score (nSPS) is 17.1. The van der Waals surface area contributed by atoms with E-state index < -0.39 is 6.10 Å². The molecule has 1 atom stereocenters. The molecule has 3 nitrogen and oxygen atoms in total. The molecule has 0 amide bonds. The Morgan fingerprint density at radius 3 is 2.75 bits per heavy atom. The number of aliphatic hydroxyl groups excluding tert-OH is 1. The van der Waals surface area contributed by atoms with Crippen molar-refractivity contribution in [2.45, 2.75) is 51.6 Å². The monoisotopic (exact) mass is 276 g/mol. The van der Waals surface area contributed by atoms with Gasteiger partial charge in [0, 0.05) is 6.42 Å². The predicted octanol–water partition coefficient (Wildman–Crippen LogP) is 3.60. The standard InChI is InChI=1S/C17H24O3/c1-2-16(19)15-9-5-6-10-17(15)20-12-14(18)11-13-7-3-4-8-13/h5-6,9-10,13-14,18H,2-4,7-8,11-12H2,1H3. The Morgan fingerprint density at radius 2 is 2.05 bits per heavy atom. The third kappa shape index (κ3) is 4.07. The van der Waals surface area contributed by atoms with Crippen LogP contribution in [0.2, 0.25) is 0 Å². The number of para-hydroxylation sites is 1. The van der Waals surface area contributed by atoms with Gasteiger partial charge in [-0.05, 0) is 24.5 Å². The number of carbonyl (C=O) groups excluding carboxylic acids is 1. The van der Waals surface area contributed by atoms with E-state index in [0.717, 1.165) is 6.42 Å². The zero-order valence-electron chi connectivity index (χ0n) is 12.2. The van der Waals surface area contributed by atoms with E-state index in [1.807, 2.05) is 19.1 Å². The fourth-order valence-electron chi connectivity index (χ4n) is 2.90. The van der Waals surface area contributed by atoms with E-state index in [-0.39, 0.29) is 12.4 Å². The number of Topliss-reactive ketones (excluding diaryl/α,β-unsaturated/α-hetero) is 1. The van der Waals surface area contributed by atoms with Crippen molar-refractivity contribution in [2.75, 3.05) is 6.61 Å². The van der Waals surface area contributed by atoms with Crippen molar-refractivity contribution in [3.63, 3.8) is 0 Å². The van der Waals surface area contributed by atoms with Crippen LogP contribution >= 0.6 is 0 Å². The fourth-order valence-corrected chi connectivity index (χ4v) is 2.90. The van der Waals surface area contributed by atoms with Crippen LogP contribution < -0.4 is 4.74 Å². The van der Waals surface area contributed by atoms with Crippen LogP contribution in [-0.2, 0) is 0 Å². The predicted molar refractivity (Wildman–Crippen MR) is 79.1 cm³/mol. The molecule has 0 heterocycles. The van der Waals surface area contributed by atoms with Crippen LogP contribution in [0, 0.1) is 5.92 Å². The first-order valence-electron chi connectivity index (χ1n) is 7.63. The Kier molecular flexibility index (Phi) is 5.60. The Morgan fingerprint density at radius 1 is 1.35 bits per heavy atom. The maximum absolute atomic E-state index is 11.8. The number of hydrogen-bond donors (Lipinski definition) is 1. The molecule has 3 heteroatoms. The van der Waals surface area contributed by atoms with Crippen LogP contribution in [0.4, 0.5) is 0 Å². The van der Waals surface area contributed by atoms with Gasteiger partial charge in [-0.3, -0.25) is 4.79 Å². The third-order valence-electron chi connectivity index (χ3n) is 4.02. The number of aliphatic hydroxyl groups is 1. The Balaban J connectivity index is 1.88. The molecule has 0 bridgehead atoms. The molecule has 0 saturated heterocycles. The van der Waals surface area contributed by atoms with E-state index in [0.29, 0.717) is 23.7 Å². The van der Waals surface area contributed by atoms with Crippen molar-refractivity contribution in [1.29, 1.82) is 0 Å². The van der Waals surface area contributed by atoms with Crippen LogP contribution in [0.25, 0.3) is 0 Å². The third-order valence-corrected chi connectivity index (χ3v) is 4.02. The Bertz CT molecular complexity index is 436. The molecular formula is C17H24O3. The highest BCUT2D eigenvalue weighted by atomic mass is 16.5. The Hall–Kier alpha value is -1.35. The lowest BCUT2D eigenvalue weighted by Gasteiger charge is -2.17. The van der Waals surface area contributed by atoms with E-state index in [2.05, 4.69) is 0 Å². The first kappa shape index (κ1) is 15.0. The minimum absolute atomic E-state index is 0.0749. The summed E-state index contributed by atoms with van der Waals surface area (Å²) in [5.41, 5.74) is 0.614. The fraction of sp³-hybridized carbons (Fsp3) is 0.588. The summed E-state index contributed by atoms with van der Waals surface area (Å²) in [6, 6.07) is 7.27. The van der Waals surface area contributed by atoms with Crippen LogP contribution in [0.15, 0.2) is 24.3 Å². The van der Waals surface area contributed by atoms with Crippen molar-refractivity contribution in [3.05, 3.63) is 29.8 Å². The van der Waals surface area contributed by atoms with Crippen molar-refractivity contribution in [1.82, 2.24) is 0 Å². The van der Waals surface area contributed by atoms with E-state index in [1.165, 1.54) is 25.7 Å². The number of hydrogen-bond acceptors (Lipinski definition) is 3. The van der Waals surface area contributed by atoms with Crippen molar-refractivity contribution >= 4 is 5.78 Å². The van der Waals surface area contributed by atoms with Crippen LogP contribution in [0.5, 0.6) is 5.75 Å². The molecule has 1 aliphatic rings. The van der Waals surface area contributed by atoms with Gasteiger partial charge in [0.2, 0.25) is 0 Å². The molecule has 0 aliphatic heterocycles. The maximum atomic E-state index is 11.8. The molecule has 1 N–H and O–H groups in total. The van der Waals surface area contributed by atoms with E-state index in [4.69, 9.17) is 4.74 Å². The summed E-state index contributed by atoms with van der Waals surface area (Å²) in [6.45, 7) is 2.11. The van der Waals surface area contributed by atoms with E-state index in [1.54, 1.807) is 12.1 Å². The molecule has 1 fully saturated rings. The van der Waals surface area contributed by atoms with Crippen LogP contribution in [-0.4, -0.2) is 23.6 Å². The highest BCUT2D eigenvalue weighted by molar-refractivity contribution is 5.98.